The Labute approximate surface area is 548 Å². The first-order chi connectivity index (χ1) is 44.8. The molecule has 0 aromatic carbocycles. The second kappa shape index (κ2) is 27.0. The number of rotatable bonds is 16. The number of aliphatic hydroxyl groups is 17. The molecule has 32 nitrogen and oxygen atoms in total. The summed E-state index contributed by atoms with van der Waals surface area (Å²) in [6.45, 7) is 9.93. The third-order valence-corrected chi connectivity index (χ3v) is 24.8. The molecule has 8 saturated heterocycles. The van der Waals surface area contributed by atoms with Crippen molar-refractivity contribution in [2.45, 2.75) is 296 Å². The number of aliphatic hydroxyl groups excluding tert-OH is 17. The fraction of sp³-hybridized carbons (Fsp3) is 0.952. The van der Waals surface area contributed by atoms with Crippen molar-refractivity contribution in [3.63, 3.8) is 0 Å². The number of esters is 1. The van der Waals surface area contributed by atoms with Gasteiger partial charge in [-0.25, -0.2) is 0 Å². The molecule has 0 bridgehead atoms. The average molecular weight is 1370 g/mol. The summed E-state index contributed by atoms with van der Waals surface area (Å²) in [5, 5.41) is 189. The maximum Gasteiger partial charge on any atom is 0.314 e. The molecule has 0 aromatic rings. The zero-order valence-electron chi connectivity index (χ0n) is 54.3. The van der Waals surface area contributed by atoms with E-state index in [0.29, 0.717) is 25.7 Å². The molecule has 95 heavy (non-hydrogen) atoms. The number of carbonyl (C=O) groups excluding carboxylic acids is 1. The SMILES string of the molecule is C[C@@H]1O[C@@H](O[C@H]2[C@H](O[C@H]3[C@H](OC[C@H]4O[C@@H](O[C@H]5CC[C@]6(C)C7=C(CC[C@H]6[C@@]5(C)CO)[C@]5(C)CC[C@@]6(O[C@@]8(C[C@H]6C)OC(=O)[C@H](C)C8O)[C@@]5(C)CC7)[C@H](O)[C@@H](O)[C@@H]4O)OC[C@H](O)[C@@H]3O)O[C@H](CO)[C@@H](O)[C@@H]2O[C@@H]2OC[C@H](O)[C@H](O)[C@H]2O[C@@H]2O[C@@H](CO)[C@H](O)[C@H]2O)[C@H](O)[C@H](O)[C@H]1O. The van der Waals surface area contributed by atoms with Crippen molar-refractivity contribution < 1.29 is 158 Å². The lowest BCUT2D eigenvalue weighted by atomic mass is 9.42. The highest BCUT2D eigenvalue weighted by Gasteiger charge is 2.76. The average Bonchev–Trinajstić information content (AvgIpc) is 1.53. The molecule has 544 valence electrons. The molecular formula is C63H100O32. The van der Waals surface area contributed by atoms with Crippen LogP contribution in [0, 0.1) is 39.4 Å². The van der Waals surface area contributed by atoms with Crippen LogP contribution in [0.25, 0.3) is 0 Å². The Morgan fingerprint density at radius 2 is 1.05 bits per heavy atom. The van der Waals surface area contributed by atoms with Crippen molar-refractivity contribution in [1.82, 2.24) is 0 Å². The molecule has 2 spiro atoms. The summed E-state index contributed by atoms with van der Waals surface area (Å²) in [5.41, 5.74) is 0.0149. The molecule has 10 fully saturated rings. The van der Waals surface area contributed by atoms with E-state index in [-0.39, 0.29) is 29.3 Å². The maximum absolute atomic E-state index is 12.8. The first kappa shape index (κ1) is 72.8. The Morgan fingerprint density at radius 1 is 0.505 bits per heavy atom. The number of fused-ring (bicyclic) bond motifs is 5. The summed E-state index contributed by atoms with van der Waals surface area (Å²) >= 11 is 0. The molecule has 2 saturated carbocycles. The van der Waals surface area contributed by atoms with E-state index < -0.39 is 245 Å². The Morgan fingerprint density at radius 3 is 1.68 bits per heavy atom. The van der Waals surface area contributed by atoms with Crippen LogP contribution in [0.1, 0.15) is 106 Å². The first-order valence-electron chi connectivity index (χ1n) is 33.5. The first-order valence-corrected chi connectivity index (χ1v) is 33.5. The van der Waals surface area contributed by atoms with Gasteiger partial charge in [0.05, 0.1) is 63.4 Å². The van der Waals surface area contributed by atoms with Crippen LogP contribution in [0.15, 0.2) is 11.1 Å². The van der Waals surface area contributed by atoms with Crippen molar-refractivity contribution in [3.05, 3.63) is 11.1 Å². The topological polar surface area (TPSA) is 490 Å². The van der Waals surface area contributed by atoms with Gasteiger partial charge in [-0.2, -0.15) is 0 Å². The normalized spacial score (nSPS) is 56.4. The van der Waals surface area contributed by atoms with E-state index in [1.165, 1.54) is 18.1 Å². The van der Waals surface area contributed by atoms with Gasteiger partial charge in [-0.15, -0.1) is 0 Å². The molecule has 12 rings (SSSR count). The molecular weight excluding hydrogens is 1270 g/mol. The summed E-state index contributed by atoms with van der Waals surface area (Å²) in [6.07, 6.45) is -44.6. The largest absolute Gasteiger partial charge is 0.430 e. The molecule has 1 unspecified atom stereocenters. The summed E-state index contributed by atoms with van der Waals surface area (Å²) in [5.74, 6) is -2.75. The lowest BCUT2D eigenvalue weighted by molar-refractivity contribution is -0.407. The fourth-order valence-corrected chi connectivity index (χ4v) is 18.8. The molecule has 17 N–H and O–H groups in total. The van der Waals surface area contributed by atoms with E-state index in [1.807, 2.05) is 6.92 Å². The van der Waals surface area contributed by atoms with Gasteiger partial charge < -0.3 is 153 Å². The molecule has 0 aromatic heterocycles. The van der Waals surface area contributed by atoms with E-state index in [4.69, 9.17) is 66.3 Å². The van der Waals surface area contributed by atoms with E-state index in [2.05, 4.69) is 27.7 Å². The zero-order valence-corrected chi connectivity index (χ0v) is 54.3. The molecule has 32 heteroatoms. The van der Waals surface area contributed by atoms with Gasteiger partial charge in [0, 0.05) is 17.3 Å². The van der Waals surface area contributed by atoms with E-state index in [1.54, 1.807) is 6.92 Å². The number of hydrogen-bond donors (Lipinski definition) is 17. The smallest absolute Gasteiger partial charge is 0.314 e. The quantitative estimate of drug-likeness (QED) is 0.0506. The highest BCUT2D eigenvalue weighted by molar-refractivity contribution is 5.76. The van der Waals surface area contributed by atoms with Crippen LogP contribution in [0.5, 0.6) is 0 Å². The van der Waals surface area contributed by atoms with Crippen molar-refractivity contribution >= 4 is 5.97 Å². The number of allylic oxidation sites excluding steroid dienone is 2. The van der Waals surface area contributed by atoms with Crippen LogP contribution in [0.3, 0.4) is 0 Å². The predicted molar refractivity (Wildman–Crippen MR) is 311 cm³/mol. The zero-order chi connectivity index (χ0) is 68.7. The third kappa shape index (κ3) is 11.7. The lowest BCUT2D eigenvalue weighted by Gasteiger charge is -2.63. The molecule has 12 aliphatic rings. The Balaban J connectivity index is 0.761. The van der Waals surface area contributed by atoms with E-state index in [9.17, 15) is 91.6 Å². The van der Waals surface area contributed by atoms with Crippen LogP contribution in [-0.2, 0) is 71.1 Å². The second-order valence-corrected chi connectivity index (χ2v) is 29.9. The minimum absolute atomic E-state index is 0.0182. The summed E-state index contributed by atoms with van der Waals surface area (Å²) in [4.78, 5) is 12.8. The van der Waals surface area contributed by atoms with Gasteiger partial charge in [0.15, 0.2) is 37.7 Å². The minimum Gasteiger partial charge on any atom is -0.430 e. The Hall–Kier alpha value is -1.99. The van der Waals surface area contributed by atoms with Gasteiger partial charge in [0.1, 0.15) is 128 Å². The van der Waals surface area contributed by atoms with Gasteiger partial charge in [0.25, 0.3) is 0 Å². The van der Waals surface area contributed by atoms with E-state index in [0.717, 1.165) is 32.1 Å². The van der Waals surface area contributed by atoms with Crippen LogP contribution < -0.4 is 0 Å². The number of hydrogen-bond acceptors (Lipinski definition) is 32. The molecule has 0 radical (unpaired) electrons. The second-order valence-electron chi connectivity index (χ2n) is 29.9. The predicted octanol–water partition coefficient (Wildman–Crippen LogP) is -5.61. The van der Waals surface area contributed by atoms with Crippen LogP contribution in [0.4, 0.5) is 0 Å². The molecule has 8 aliphatic heterocycles. The fourth-order valence-electron chi connectivity index (χ4n) is 18.8. The number of ether oxygens (including phenoxy) is 14. The Bertz CT molecular complexity index is 2740. The summed E-state index contributed by atoms with van der Waals surface area (Å²) < 4.78 is 85.6. The molecule has 38 atom stereocenters. The molecule has 8 heterocycles. The number of carbonyl (C=O) groups is 1. The lowest BCUT2D eigenvalue weighted by Crippen LogP contribution is -2.68. The summed E-state index contributed by atoms with van der Waals surface area (Å²) in [6, 6.07) is 0. The molecule has 4 aliphatic carbocycles. The van der Waals surface area contributed by atoms with Gasteiger partial charge >= 0.3 is 5.97 Å². The van der Waals surface area contributed by atoms with Gasteiger partial charge in [-0.3, -0.25) is 4.79 Å². The van der Waals surface area contributed by atoms with Crippen LogP contribution >= 0.6 is 0 Å². The highest BCUT2D eigenvalue weighted by Crippen LogP contribution is 2.76. The summed E-state index contributed by atoms with van der Waals surface area (Å²) in [7, 11) is 0. The van der Waals surface area contributed by atoms with Crippen LogP contribution in [0.2, 0.25) is 0 Å². The van der Waals surface area contributed by atoms with Gasteiger partial charge in [-0.1, -0.05) is 45.8 Å². The maximum atomic E-state index is 12.8. The van der Waals surface area contributed by atoms with Gasteiger partial charge in [-0.05, 0) is 87.9 Å². The van der Waals surface area contributed by atoms with Crippen molar-refractivity contribution in [2.75, 3.05) is 39.6 Å². The van der Waals surface area contributed by atoms with E-state index >= 15 is 0 Å². The highest BCUT2D eigenvalue weighted by atomic mass is 16.8. The standard InChI is InChI=1S/C63H100O32/c1-23-16-63(50(80)24(2)51(81)94-63)95-62(23)15-14-60(6)27-8-9-33-58(4,26(27)10-13-61(60,62)7)12-11-34(59(33,5)22-66)89-53-45(79)42(76)39(73)32(88-53)21-84-55-47(36(70)28(67)19-82-55)92-57-49(93-52-44(78)41(75)35(69)25(3)85-52)46(40(74)31(18-65)87-57)90-56-48(37(71)29(68)20-83-56)91-54-43(77)38(72)30(17-64)86-54/h23-25,28-50,52-57,64-80H,8-22H2,1-7H3/t23-,24-,25+,28+,29+,30+,31-,32-,33-,34+,35+,36+,37+,38+,39-,40-,41-,42+,43-,44-,45-,46+,47-,48-,49-,50?,52+,53+,54+,55+,56+,57+,58-,59-,60+,61+,62+,63-/m1/s1. The molecule has 0 amide bonds. The van der Waals surface area contributed by atoms with Crippen molar-refractivity contribution in [1.29, 1.82) is 0 Å². The minimum atomic E-state index is -2.06. The van der Waals surface area contributed by atoms with Crippen molar-refractivity contribution in [3.8, 4) is 0 Å². The van der Waals surface area contributed by atoms with Crippen LogP contribution in [-0.4, -0.2) is 322 Å². The Kier molecular flexibility index (Phi) is 20.7. The van der Waals surface area contributed by atoms with Crippen molar-refractivity contribution in [2.24, 2.45) is 39.4 Å². The third-order valence-electron chi connectivity index (χ3n) is 24.8. The monoisotopic (exact) mass is 1370 g/mol. The van der Waals surface area contributed by atoms with Gasteiger partial charge in [0.2, 0.25) is 5.79 Å².